The number of nitrogens with zero attached hydrogens (tertiary/aromatic N) is 2. The van der Waals surface area contributed by atoms with Gasteiger partial charge >= 0.3 is 0 Å². The fourth-order valence-corrected chi connectivity index (χ4v) is 1.47. The van der Waals surface area contributed by atoms with Crippen LogP contribution in [0.4, 0.5) is 4.39 Å². The van der Waals surface area contributed by atoms with Crippen LogP contribution in [0.25, 0.3) is 0 Å². The van der Waals surface area contributed by atoms with Crippen LogP contribution in [0.5, 0.6) is 0 Å². The Hall–Kier alpha value is -1.44. The van der Waals surface area contributed by atoms with Crippen molar-refractivity contribution < 1.29 is 4.39 Å². The summed E-state index contributed by atoms with van der Waals surface area (Å²) in [6, 6.07) is 6.34. The van der Waals surface area contributed by atoms with E-state index in [1.807, 2.05) is 19.0 Å². The lowest BCUT2D eigenvalue weighted by atomic mass is 10.1. The Labute approximate surface area is 95.5 Å². The first-order chi connectivity index (χ1) is 7.67. The molecule has 0 atom stereocenters. The molecule has 1 rings (SSSR count). The Balaban J connectivity index is 2.72. The third-order valence-corrected chi connectivity index (χ3v) is 2.37. The number of benzene rings is 1. The van der Waals surface area contributed by atoms with Crippen molar-refractivity contribution in [3.05, 3.63) is 35.1 Å². The molecule has 0 saturated carbocycles. The van der Waals surface area contributed by atoms with Crippen molar-refractivity contribution in [1.29, 1.82) is 5.26 Å². The Kier molecular flexibility index (Phi) is 4.90. The van der Waals surface area contributed by atoms with Crippen LogP contribution >= 0.6 is 0 Å². The largest absolute Gasteiger partial charge is 0.318 e. The minimum absolute atomic E-state index is 0.295. The fraction of sp³-hybridized carbons (Fsp3) is 0.417. The number of likely N-dealkylation sites (N-methyl/N-ethyl adjacent to an activating group) is 2. The second-order valence-corrected chi connectivity index (χ2v) is 3.75. The van der Waals surface area contributed by atoms with Crippen LogP contribution in [0.15, 0.2) is 18.2 Å². The van der Waals surface area contributed by atoms with Gasteiger partial charge in [0, 0.05) is 19.6 Å². The smallest absolute Gasteiger partial charge is 0.123 e. The number of halogens is 1. The van der Waals surface area contributed by atoms with Crippen LogP contribution in [0, 0.1) is 17.1 Å². The van der Waals surface area contributed by atoms with Gasteiger partial charge in [-0.2, -0.15) is 5.26 Å². The number of hydrogen-bond donors (Lipinski definition) is 1. The van der Waals surface area contributed by atoms with Gasteiger partial charge in [0.1, 0.15) is 5.82 Å². The van der Waals surface area contributed by atoms with Crippen LogP contribution in [-0.4, -0.2) is 32.1 Å². The summed E-state index contributed by atoms with van der Waals surface area (Å²) < 4.78 is 13.0. The van der Waals surface area contributed by atoms with Crippen molar-refractivity contribution in [3.63, 3.8) is 0 Å². The van der Waals surface area contributed by atoms with Gasteiger partial charge in [-0.1, -0.05) is 0 Å². The van der Waals surface area contributed by atoms with Crippen LogP contribution in [-0.2, 0) is 6.54 Å². The molecule has 0 aliphatic carbocycles. The van der Waals surface area contributed by atoms with E-state index >= 15 is 0 Å². The molecule has 0 saturated heterocycles. The van der Waals surface area contributed by atoms with Gasteiger partial charge in [0.15, 0.2) is 0 Å². The van der Waals surface area contributed by atoms with Gasteiger partial charge < -0.3 is 10.2 Å². The summed E-state index contributed by atoms with van der Waals surface area (Å²) >= 11 is 0. The summed E-state index contributed by atoms with van der Waals surface area (Å²) in [7, 11) is 3.83. The summed E-state index contributed by atoms with van der Waals surface area (Å²) in [4.78, 5) is 2.05. The Bertz CT molecular complexity index is 384. The maximum absolute atomic E-state index is 13.0. The molecule has 4 heteroatoms. The molecule has 0 aliphatic rings. The minimum Gasteiger partial charge on any atom is -0.318 e. The predicted molar refractivity (Wildman–Crippen MR) is 61.4 cm³/mol. The van der Waals surface area contributed by atoms with Crippen molar-refractivity contribution >= 4 is 0 Å². The van der Waals surface area contributed by atoms with Crippen LogP contribution in [0.3, 0.4) is 0 Å². The molecular formula is C12H16FN3. The van der Waals surface area contributed by atoms with Crippen molar-refractivity contribution in [1.82, 2.24) is 10.2 Å². The Morgan fingerprint density at radius 3 is 2.88 bits per heavy atom. The highest BCUT2D eigenvalue weighted by molar-refractivity contribution is 5.37. The van der Waals surface area contributed by atoms with Gasteiger partial charge in [0.05, 0.1) is 11.6 Å². The molecule has 0 amide bonds. The van der Waals surface area contributed by atoms with Crippen LogP contribution in [0.1, 0.15) is 11.1 Å². The third kappa shape index (κ3) is 3.61. The van der Waals surface area contributed by atoms with E-state index in [4.69, 9.17) is 5.26 Å². The summed E-state index contributed by atoms with van der Waals surface area (Å²) in [5, 5.41) is 11.9. The first kappa shape index (κ1) is 12.6. The maximum atomic E-state index is 13.0. The summed E-state index contributed by atoms with van der Waals surface area (Å²) in [5.74, 6) is -0.295. The predicted octanol–water partition coefficient (Wildman–Crippen LogP) is 1.35. The van der Waals surface area contributed by atoms with E-state index < -0.39 is 0 Å². The number of nitrogens with one attached hydrogen (secondary N) is 1. The molecule has 0 heterocycles. The Morgan fingerprint density at radius 2 is 2.25 bits per heavy atom. The first-order valence-electron chi connectivity index (χ1n) is 5.19. The number of hydrogen-bond acceptors (Lipinski definition) is 3. The molecule has 0 spiro atoms. The standard InChI is InChI=1S/C12H16FN3/c1-15-5-6-16(2)9-11-7-12(13)4-3-10(11)8-14/h3-4,7,15H,5-6,9H2,1-2H3. The zero-order valence-electron chi connectivity index (χ0n) is 9.63. The van der Waals surface area contributed by atoms with Gasteiger partial charge in [-0.15, -0.1) is 0 Å². The molecule has 16 heavy (non-hydrogen) atoms. The fourth-order valence-electron chi connectivity index (χ4n) is 1.47. The average molecular weight is 221 g/mol. The first-order valence-corrected chi connectivity index (χ1v) is 5.19. The van der Waals surface area contributed by atoms with E-state index in [0.29, 0.717) is 12.1 Å². The number of rotatable bonds is 5. The molecule has 0 fully saturated rings. The van der Waals surface area contributed by atoms with Gasteiger partial charge in [0.2, 0.25) is 0 Å². The molecule has 1 aromatic rings. The lowest BCUT2D eigenvalue weighted by molar-refractivity contribution is 0.327. The normalized spacial score (nSPS) is 10.4. The van der Waals surface area contributed by atoms with Crippen molar-refractivity contribution in [2.24, 2.45) is 0 Å². The summed E-state index contributed by atoms with van der Waals surface area (Å²) in [5.41, 5.74) is 1.28. The molecule has 0 bridgehead atoms. The zero-order chi connectivity index (χ0) is 12.0. The quantitative estimate of drug-likeness (QED) is 0.815. The van der Waals surface area contributed by atoms with Crippen LogP contribution < -0.4 is 5.32 Å². The average Bonchev–Trinajstić information content (AvgIpc) is 2.27. The molecular weight excluding hydrogens is 205 g/mol. The van der Waals surface area contributed by atoms with E-state index in [1.165, 1.54) is 18.2 Å². The monoisotopic (exact) mass is 221 g/mol. The molecule has 86 valence electrons. The topological polar surface area (TPSA) is 39.1 Å². The minimum atomic E-state index is -0.295. The Morgan fingerprint density at radius 1 is 1.50 bits per heavy atom. The summed E-state index contributed by atoms with van der Waals surface area (Å²) in [6.45, 7) is 2.31. The van der Waals surface area contributed by atoms with E-state index in [0.717, 1.165) is 18.7 Å². The highest BCUT2D eigenvalue weighted by Gasteiger charge is 2.06. The highest BCUT2D eigenvalue weighted by atomic mass is 19.1. The SMILES string of the molecule is CNCCN(C)Cc1cc(F)ccc1C#N. The molecule has 0 aromatic heterocycles. The number of nitriles is 1. The molecule has 1 N–H and O–H groups in total. The lowest BCUT2D eigenvalue weighted by Gasteiger charge is -2.17. The van der Waals surface area contributed by atoms with Gasteiger partial charge in [-0.3, -0.25) is 0 Å². The van der Waals surface area contributed by atoms with Crippen molar-refractivity contribution in [3.8, 4) is 6.07 Å². The third-order valence-electron chi connectivity index (χ3n) is 2.37. The molecule has 0 unspecified atom stereocenters. The second kappa shape index (κ2) is 6.21. The molecule has 1 aromatic carbocycles. The maximum Gasteiger partial charge on any atom is 0.123 e. The van der Waals surface area contributed by atoms with Gasteiger partial charge in [-0.05, 0) is 37.9 Å². The molecule has 0 aliphatic heterocycles. The van der Waals surface area contributed by atoms with Crippen molar-refractivity contribution in [2.75, 3.05) is 27.2 Å². The van der Waals surface area contributed by atoms with Gasteiger partial charge in [0.25, 0.3) is 0 Å². The molecule has 3 nitrogen and oxygen atoms in total. The molecule has 0 radical (unpaired) electrons. The second-order valence-electron chi connectivity index (χ2n) is 3.75. The van der Waals surface area contributed by atoms with Crippen molar-refractivity contribution in [2.45, 2.75) is 6.54 Å². The highest BCUT2D eigenvalue weighted by Crippen LogP contribution is 2.12. The van der Waals surface area contributed by atoms with E-state index in [-0.39, 0.29) is 5.82 Å². The van der Waals surface area contributed by atoms with Gasteiger partial charge in [-0.25, -0.2) is 4.39 Å². The van der Waals surface area contributed by atoms with E-state index in [1.54, 1.807) is 0 Å². The lowest BCUT2D eigenvalue weighted by Crippen LogP contribution is -2.27. The van der Waals surface area contributed by atoms with E-state index in [9.17, 15) is 4.39 Å². The van der Waals surface area contributed by atoms with Crippen LogP contribution in [0.2, 0.25) is 0 Å². The zero-order valence-corrected chi connectivity index (χ0v) is 9.63. The van der Waals surface area contributed by atoms with E-state index in [2.05, 4.69) is 11.4 Å². The summed E-state index contributed by atoms with van der Waals surface area (Å²) in [6.07, 6.45) is 0.